The molecule has 0 heterocycles. The lowest BCUT2D eigenvalue weighted by atomic mass is 10.3. The van der Waals surface area contributed by atoms with Gasteiger partial charge in [0, 0.05) is 6.54 Å². The molecule has 6 heteroatoms. The molecule has 0 aromatic heterocycles. The zero-order chi connectivity index (χ0) is 13.4. The SMILES string of the molecule is CCOc1ccc(S(=O)(=O)NCCCCN)cc1. The molecule has 0 spiro atoms. The van der Waals surface area contributed by atoms with Gasteiger partial charge < -0.3 is 10.5 Å². The fraction of sp³-hybridized carbons (Fsp3) is 0.500. The normalized spacial score (nSPS) is 11.4. The molecule has 0 saturated carbocycles. The summed E-state index contributed by atoms with van der Waals surface area (Å²) in [6, 6.07) is 6.38. The van der Waals surface area contributed by atoms with Crippen LogP contribution in [-0.2, 0) is 10.0 Å². The van der Waals surface area contributed by atoms with Gasteiger partial charge in [0.2, 0.25) is 10.0 Å². The van der Waals surface area contributed by atoms with Gasteiger partial charge in [0.15, 0.2) is 0 Å². The number of hydrogen-bond acceptors (Lipinski definition) is 4. The highest BCUT2D eigenvalue weighted by atomic mass is 32.2. The highest BCUT2D eigenvalue weighted by molar-refractivity contribution is 7.89. The maximum atomic E-state index is 11.9. The van der Waals surface area contributed by atoms with Crippen LogP contribution >= 0.6 is 0 Å². The third-order valence-corrected chi connectivity index (χ3v) is 3.84. The molecule has 0 fully saturated rings. The van der Waals surface area contributed by atoms with Crippen LogP contribution in [0.3, 0.4) is 0 Å². The molecule has 0 aliphatic carbocycles. The van der Waals surface area contributed by atoms with E-state index in [-0.39, 0.29) is 4.90 Å². The van der Waals surface area contributed by atoms with Crippen molar-refractivity contribution < 1.29 is 13.2 Å². The number of nitrogens with one attached hydrogen (secondary N) is 1. The molecule has 18 heavy (non-hydrogen) atoms. The second-order valence-electron chi connectivity index (χ2n) is 3.80. The second kappa shape index (κ2) is 7.35. The number of hydrogen-bond donors (Lipinski definition) is 2. The summed E-state index contributed by atoms with van der Waals surface area (Å²) in [5, 5.41) is 0. The Hall–Kier alpha value is -1.11. The molecule has 1 aromatic carbocycles. The first kappa shape index (κ1) is 14.9. The molecule has 1 rings (SSSR count). The third kappa shape index (κ3) is 4.64. The van der Waals surface area contributed by atoms with Gasteiger partial charge in [-0.25, -0.2) is 13.1 Å². The van der Waals surface area contributed by atoms with E-state index in [0.717, 1.165) is 12.8 Å². The van der Waals surface area contributed by atoms with Crippen LogP contribution in [0, 0.1) is 0 Å². The van der Waals surface area contributed by atoms with Gasteiger partial charge in [-0.15, -0.1) is 0 Å². The molecule has 0 aliphatic rings. The van der Waals surface area contributed by atoms with E-state index in [0.29, 0.717) is 25.4 Å². The number of nitrogens with two attached hydrogens (primary N) is 1. The Morgan fingerprint density at radius 2 is 1.89 bits per heavy atom. The Morgan fingerprint density at radius 3 is 2.44 bits per heavy atom. The number of sulfonamides is 1. The minimum atomic E-state index is -3.42. The minimum absolute atomic E-state index is 0.249. The fourth-order valence-electron chi connectivity index (χ4n) is 1.44. The summed E-state index contributed by atoms with van der Waals surface area (Å²) in [5.74, 6) is 0.666. The second-order valence-corrected chi connectivity index (χ2v) is 5.56. The van der Waals surface area contributed by atoms with Crippen LogP contribution in [0.4, 0.5) is 0 Å². The first-order valence-electron chi connectivity index (χ1n) is 6.02. The topological polar surface area (TPSA) is 81.4 Å². The zero-order valence-corrected chi connectivity index (χ0v) is 11.4. The van der Waals surface area contributed by atoms with Gasteiger partial charge in [-0.05, 0) is 50.6 Å². The maximum absolute atomic E-state index is 11.9. The van der Waals surface area contributed by atoms with Crippen molar-refractivity contribution in [3.05, 3.63) is 24.3 Å². The third-order valence-electron chi connectivity index (χ3n) is 2.37. The standard InChI is InChI=1S/C12H20N2O3S/c1-2-17-11-5-7-12(8-6-11)18(15,16)14-10-4-3-9-13/h5-8,14H,2-4,9-10,13H2,1H3. The number of ether oxygens (including phenoxy) is 1. The maximum Gasteiger partial charge on any atom is 0.240 e. The smallest absolute Gasteiger partial charge is 0.240 e. The molecule has 1 aromatic rings. The highest BCUT2D eigenvalue weighted by Crippen LogP contribution is 2.15. The van der Waals surface area contributed by atoms with E-state index in [1.165, 1.54) is 12.1 Å². The Bertz CT molecular complexity index is 443. The summed E-state index contributed by atoms with van der Waals surface area (Å²) < 4.78 is 31.6. The van der Waals surface area contributed by atoms with Crippen LogP contribution in [0.15, 0.2) is 29.2 Å². The number of unbranched alkanes of at least 4 members (excludes halogenated alkanes) is 1. The first-order chi connectivity index (χ1) is 8.60. The molecule has 0 unspecified atom stereocenters. The van der Waals surface area contributed by atoms with E-state index in [9.17, 15) is 8.42 Å². The number of rotatable bonds is 8. The molecule has 0 bridgehead atoms. The van der Waals surface area contributed by atoms with Gasteiger partial charge in [-0.1, -0.05) is 0 Å². The Labute approximate surface area is 108 Å². The zero-order valence-electron chi connectivity index (χ0n) is 10.6. The summed E-state index contributed by atoms with van der Waals surface area (Å²) in [5.41, 5.74) is 5.34. The van der Waals surface area contributed by atoms with Crippen molar-refractivity contribution in [1.29, 1.82) is 0 Å². The lowest BCUT2D eigenvalue weighted by molar-refractivity contribution is 0.340. The molecular weight excluding hydrogens is 252 g/mol. The molecule has 0 saturated heterocycles. The monoisotopic (exact) mass is 272 g/mol. The van der Waals surface area contributed by atoms with Crippen LogP contribution in [0.25, 0.3) is 0 Å². The van der Waals surface area contributed by atoms with Gasteiger partial charge in [-0.3, -0.25) is 0 Å². The predicted octanol–water partition coefficient (Wildman–Crippen LogP) is 1.10. The quantitative estimate of drug-likeness (QED) is 0.694. The lowest BCUT2D eigenvalue weighted by Gasteiger charge is -2.07. The van der Waals surface area contributed by atoms with Crippen LogP contribution in [0.2, 0.25) is 0 Å². The van der Waals surface area contributed by atoms with Crippen LogP contribution < -0.4 is 15.2 Å². The average molecular weight is 272 g/mol. The van der Waals surface area contributed by atoms with E-state index < -0.39 is 10.0 Å². The average Bonchev–Trinajstić information content (AvgIpc) is 2.36. The molecule has 3 N–H and O–H groups in total. The van der Waals surface area contributed by atoms with Crippen LogP contribution in [-0.4, -0.2) is 28.1 Å². The summed E-state index contributed by atoms with van der Waals surface area (Å²) >= 11 is 0. The minimum Gasteiger partial charge on any atom is -0.494 e. The summed E-state index contributed by atoms with van der Waals surface area (Å²) in [4.78, 5) is 0.249. The summed E-state index contributed by atoms with van der Waals surface area (Å²) in [6.07, 6.45) is 1.55. The molecular formula is C12H20N2O3S. The molecule has 0 atom stereocenters. The first-order valence-corrected chi connectivity index (χ1v) is 7.51. The van der Waals surface area contributed by atoms with Gasteiger partial charge in [-0.2, -0.15) is 0 Å². The molecule has 0 aliphatic heterocycles. The summed E-state index contributed by atoms with van der Waals surface area (Å²) in [7, 11) is -3.42. The molecule has 0 amide bonds. The highest BCUT2D eigenvalue weighted by Gasteiger charge is 2.12. The van der Waals surface area contributed by atoms with Gasteiger partial charge in [0.1, 0.15) is 5.75 Å². The Kier molecular flexibility index (Phi) is 6.11. The Morgan fingerprint density at radius 1 is 1.22 bits per heavy atom. The van der Waals surface area contributed by atoms with E-state index in [2.05, 4.69) is 4.72 Å². The van der Waals surface area contributed by atoms with Crippen molar-refractivity contribution in [2.45, 2.75) is 24.7 Å². The number of benzene rings is 1. The van der Waals surface area contributed by atoms with Crippen molar-refractivity contribution in [1.82, 2.24) is 4.72 Å². The van der Waals surface area contributed by atoms with Crippen LogP contribution in [0.5, 0.6) is 5.75 Å². The van der Waals surface area contributed by atoms with Crippen molar-refractivity contribution in [2.75, 3.05) is 19.7 Å². The van der Waals surface area contributed by atoms with E-state index >= 15 is 0 Å². The van der Waals surface area contributed by atoms with Crippen LogP contribution in [0.1, 0.15) is 19.8 Å². The van der Waals surface area contributed by atoms with Crippen molar-refractivity contribution in [2.24, 2.45) is 5.73 Å². The van der Waals surface area contributed by atoms with Crippen molar-refractivity contribution in [3.63, 3.8) is 0 Å². The Balaban J connectivity index is 2.61. The van der Waals surface area contributed by atoms with E-state index in [1.807, 2.05) is 6.92 Å². The van der Waals surface area contributed by atoms with E-state index in [1.54, 1.807) is 12.1 Å². The largest absolute Gasteiger partial charge is 0.494 e. The molecule has 5 nitrogen and oxygen atoms in total. The lowest BCUT2D eigenvalue weighted by Crippen LogP contribution is -2.25. The fourth-order valence-corrected chi connectivity index (χ4v) is 2.52. The summed E-state index contributed by atoms with van der Waals surface area (Å²) in [6.45, 7) is 3.42. The predicted molar refractivity (Wildman–Crippen MR) is 71.1 cm³/mol. The van der Waals surface area contributed by atoms with Gasteiger partial charge >= 0.3 is 0 Å². The van der Waals surface area contributed by atoms with Crippen molar-refractivity contribution in [3.8, 4) is 5.75 Å². The molecule has 0 radical (unpaired) electrons. The molecule has 102 valence electrons. The van der Waals surface area contributed by atoms with E-state index in [4.69, 9.17) is 10.5 Å². The van der Waals surface area contributed by atoms with Gasteiger partial charge in [0.05, 0.1) is 11.5 Å². The van der Waals surface area contributed by atoms with Gasteiger partial charge in [0.25, 0.3) is 0 Å². The van der Waals surface area contributed by atoms with Crippen molar-refractivity contribution >= 4 is 10.0 Å².